The zero-order valence-corrected chi connectivity index (χ0v) is 9.37. The molecule has 2 amide bonds. The average molecular weight is 232 g/mol. The first kappa shape index (κ1) is 14.4. The van der Waals surface area contributed by atoms with Crippen LogP contribution in [-0.2, 0) is 23.9 Å². The summed E-state index contributed by atoms with van der Waals surface area (Å²) >= 11 is 0. The summed E-state index contributed by atoms with van der Waals surface area (Å²) in [4.78, 5) is 32.6. The molecule has 0 aromatic rings. The topological polar surface area (TPSA) is 93.7 Å². The van der Waals surface area contributed by atoms with Crippen LogP contribution in [-0.4, -0.2) is 51.7 Å². The Kier molecular flexibility index (Phi) is 7.78. The normalized spacial score (nSPS) is 9.38. The van der Waals surface area contributed by atoms with Gasteiger partial charge in [-0.3, -0.25) is 9.59 Å². The molecule has 0 heterocycles. The van der Waals surface area contributed by atoms with Crippen molar-refractivity contribution in [1.29, 1.82) is 0 Å². The van der Waals surface area contributed by atoms with Gasteiger partial charge >= 0.3 is 11.9 Å². The van der Waals surface area contributed by atoms with Crippen LogP contribution >= 0.6 is 0 Å². The zero-order chi connectivity index (χ0) is 12.4. The number of esters is 1. The number of carbonyl (C=O) groups is 3. The average Bonchev–Trinajstić information content (AvgIpc) is 2.28. The molecule has 0 aliphatic heterocycles. The molecule has 7 nitrogen and oxygen atoms in total. The predicted octanol–water partition coefficient (Wildman–Crippen LogP) is -1.57. The summed E-state index contributed by atoms with van der Waals surface area (Å²) in [6.07, 6.45) is 0.104. The van der Waals surface area contributed by atoms with Crippen molar-refractivity contribution >= 4 is 17.8 Å². The van der Waals surface area contributed by atoms with Gasteiger partial charge in [0.15, 0.2) is 0 Å². The summed E-state index contributed by atoms with van der Waals surface area (Å²) in [5.41, 5.74) is 0. The summed E-state index contributed by atoms with van der Waals surface area (Å²) in [6.45, 7) is 0.938. The lowest BCUT2D eigenvalue weighted by Gasteiger charge is -2.05. The van der Waals surface area contributed by atoms with Crippen LogP contribution in [0, 0.1) is 0 Å². The number of nitrogens with one attached hydrogen (secondary N) is 2. The number of hydrogen-bond donors (Lipinski definition) is 2. The van der Waals surface area contributed by atoms with Gasteiger partial charge in [0.1, 0.15) is 0 Å². The van der Waals surface area contributed by atoms with Crippen LogP contribution in [0.3, 0.4) is 0 Å². The molecule has 0 radical (unpaired) electrons. The molecule has 16 heavy (non-hydrogen) atoms. The van der Waals surface area contributed by atoms with E-state index in [4.69, 9.17) is 4.74 Å². The lowest BCUT2D eigenvalue weighted by molar-refractivity contribution is -0.152. The highest BCUT2D eigenvalue weighted by molar-refractivity contribution is 6.32. The first-order chi connectivity index (χ1) is 7.61. The number of hydrogen-bond acceptors (Lipinski definition) is 5. The summed E-state index contributed by atoms with van der Waals surface area (Å²) < 4.78 is 8.92. The molecule has 0 aliphatic rings. The molecule has 0 unspecified atom stereocenters. The second-order valence-electron chi connectivity index (χ2n) is 2.84. The van der Waals surface area contributed by atoms with Crippen LogP contribution in [0.5, 0.6) is 0 Å². The number of amides is 2. The van der Waals surface area contributed by atoms with Crippen molar-refractivity contribution < 1.29 is 23.9 Å². The van der Waals surface area contributed by atoms with E-state index < -0.39 is 11.9 Å². The van der Waals surface area contributed by atoms with E-state index in [1.165, 1.54) is 7.11 Å². The number of ether oxygens (including phenoxy) is 2. The molecule has 0 atom stereocenters. The van der Waals surface area contributed by atoms with E-state index in [0.29, 0.717) is 13.2 Å². The minimum absolute atomic E-state index is 0.0900. The number of rotatable bonds is 6. The molecule has 92 valence electrons. The largest absolute Gasteiger partial charge is 0.462 e. The molecule has 7 heteroatoms. The minimum atomic E-state index is -0.972. The Labute approximate surface area is 93.5 Å². The van der Waals surface area contributed by atoms with Gasteiger partial charge in [-0.2, -0.15) is 0 Å². The second kappa shape index (κ2) is 8.66. The fourth-order valence-corrected chi connectivity index (χ4v) is 0.835. The maximum Gasteiger partial charge on any atom is 0.396 e. The van der Waals surface area contributed by atoms with E-state index in [1.54, 1.807) is 0 Å². The molecule has 0 aromatic heterocycles. The predicted molar refractivity (Wildman–Crippen MR) is 54.5 cm³/mol. The van der Waals surface area contributed by atoms with Gasteiger partial charge in [-0.1, -0.05) is 0 Å². The molecule has 0 aliphatic carbocycles. The molecule has 0 spiro atoms. The fraction of sp³-hybridized carbons (Fsp3) is 0.667. The van der Waals surface area contributed by atoms with Gasteiger partial charge in [0, 0.05) is 26.6 Å². The summed E-state index contributed by atoms with van der Waals surface area (Å²) in [7, 11) is 2.64. The monoisotopic (exact) mass is 232 g/mol. The maximum atomic E-state index is 11.1. The standard InChI is InChI=1S/C9H16N2O5/c1-15-6-5-10-7(12)3-4-11-8(13)9(14)16-2/h3-6H2,1-2H3,(H,10,12)(H,11,13). The van der Waals surface area contributed by atoms with Gasteiger partial charge in [-0.05, 0) is 0 Å². The zero-order valence-electron chi connectivity index (χ0n) is 9.37. The Bertz CT molecular complexity index is 254. The maximum absolute atomic E-state index is 11.1. The quantitative estimate of drug-likeness (QED) is 0.328. The first-order valence-corrected chi connectivity index (χ1v) is 4.73. The van der Waals surface area contributed by atoms with Crippen LogP contribution in [0.1, 0.15) is 6.42 Å². The Balaban J connectivity index is 3.54. The third-order valence-corrected chi connectivity index (χ3v) is 1.64. The molecule has 0 rings (SSSR count). The highest BCUT2D eigenvalue weighted by Gasteiger charge is 2.12. The third kappa shape index (κ3) is 6.77. The Morgan fingerprint density at radius 3 is 2.31 bits per heavy atom. The molecule has 0 saturated heterocycles. The van der Waals surface area contributed by atoms with Crippen molar-refractivity contribution in [1.82, 2.24) is 10.6 Å². The Hall–Kier alpha value is -1.63. The van der Waals surface area contributed by atoms with E-state index in [0.717, 1.165) is 7.11 Å². The second-order valence-corrected chi connectivity index (χ2v) is 2.84. The smallest absolute Gasteiger partial charge is 0.396 e. The molecule has 0 bridgehead atoms. The third-order valence-electron chi connectivity index (χ3n) is 1.64. The van der Waals surface area contributed by atoms with Gasteiger partial charge in [0.25, 0.3) is 0 Å². The lowest BCUT2D eigenvalue weighted by Crippen LogP contribution is -2.35. The van der Waals surface area contributed by atoms with Crippen LogP contribution in [0.2, 0.25) is 0 Å². The fourth-order valence-electron chi connectivity index (χ4n) is 0.835. The van der Waals surface area contributed by atoms with Crippen LogP contribution in [0.25, 0.3) is 0 Å². The van der Waals surface area contributed by atoms with E-state index in [9.17, 15) is 14.4 Å². The molecular weight excluding hydrogens is 216 g/mol. The summed E-state index contributed by atoms with van der Waals surface area (Å²) in [5.74, 6) is -2.05. The van der Waals surface area contributed by atoms with Crippen molar-refractivity contribution in [3.63, 3.8) is 0 Å². The highest BCUT2D eigenvalue weighted by Crippen LogP contribution is 1.79. The van der Waals surface area contributed by atoms with Crippen molar-refractivity contribution in [2.24, 2.45) is 0 Å². The van der Waals surface area contributed by atoms with Crippen LogP contribution < -0.4 is 10.6 Å². The molecule has 2 N–H and O–H groups in total. The van der Waals surface area contributed by atoms with E-state index in [1.807, 2.05) is 0 Å². The highest BCUT2D eigenvalue weighted by atomic mass is 16.5. The number of carbonyl (C=O) groups excluding carboxylic acids is 3. The van der Waals surface area contributed by atoms with E-state index >= 15 is 0 Å². The van der Waals surface area contributed by atoms with Crippen molar-refractivity contribution in [2.45, 2.75) is 6.42 Å². The van der Waals surface area contributed by atoms with Crippen LogP contribution in [0.15, 0.2) is 0 Å². The van der Waals surface area contributed by atoms with Crippen molar-refractivity contribution in [2.75, 3.05) is 33.9 Å². The number of methoxy groups -OCH3 is 2. The SMILES string of the molecule is COCCNC(=O)CCNC(=O)C(=O)OC. The Morgan fingerprint density at radius 2 is 1.75 bits per heavy atom. The molecular formula is C9H16N2O5. The van der Waals surface area contributed by atoms with Gasteiger partial charge in [0.2, 0.25) is 5.91 Å². The lowest BCUT2D eigenvalue weighted by atomic mass is 10.4. The molecule has 0 saturated carbocycles. The van der Waals surface area contributed by atoms with Gasteiger partial charge in [-0.25, -0.2) is 4.79 Å². The van der Waals surface area contributed by atoms with Crippen molar-refractivity contribution in [3.8, 4) is 0 Å². The minimum Gasteiger partial charge on any atom is -0.462 e. The molecule has 0 fully saturated rings. The first-order valence-electron chi connectivity index (χ1n) is 4.73. The Morgan fingerprint density at radius 1 is 1.06 bits per heavy atom. The van der Waals surface area contributed by atoms with E-state index in [2.05, 4.69) is 15.4 Å². The molecule has 0 aromatic carbocycles. The van der Waals surface area contributed by atoms with Gasteiger partial charge < -0.3 is 20.1 Å². The summed E-state index contributed by atoms with van der Waals surface area (Å²) in [6, 6.07) is 0. The van der Waals surface area contributed by atoms with Crippen LogP contribution in [0.4, 0.5) is 0 Å². The van der Waals surface area contributed by atoms with Gasteiger partial charge in [0.05, 0.1) is 13.7 Å². The van der Waals surface area contributed by atoms with Crippen molar-refractivity contribution in [3.05, 3.63) is 0 Å². The van der Waals surface area contributed by atoms with E-state index in [-0.39, 0.29) is 18.9 Å². The summed E-state index contributed by atoms with van der Waals surface area (Å²) in [5, 5.41) is 4.82. The van der Waals surface area contributed by atoms with Gasteiger partial charge in [-0.15, -0.1) is 0 Å².